The third kappa shape index (κ3) is 4.77. The van der Waals surface area contributed by atoms with Gasteiger partial charge in [-0.2, -0.15) is 0 Å². The van der Waals surface area contributed by atoms with Crippen molar-refractivity contribution in [2.75, 3.05) is 26.3 Å². The van der Waals surface area contributed by atoms with Crippen LogP contribution in [0, 0.1) is 0 Å². The first-order valence-electron chi connectivity index (χ1n) is 7.49. The first kappa shape index (κ1) is 16.4. The Hall–Kier alpha value is 0.314. The summed E-state index contributed by atoms with van der Waals surface area (Å²) in [6.07, 6.45) is 2.65. The van der Waals surface area contributed by atoms with Gasteiger partial charge in [-0.3, -0.25) is 0 Å². The Bertz CT molecular complexity index is 233. The van der Waals surface area contributed by atoms with Gasteiger partial charge in [0.2, 0.25) is 0 Å². The average molecular weight is 290 g/mol. The Morgan fingerprint density at radius 3 is 2.28 bits per heavy atom. The van der Waals surface area contributed by atoms with Crippen molar-refractivity contribution in [1.82, 2.24) is 4.57 Å². The first-order valence-corrected chi connectivity index (χ1v) is 12.3. The van der Waals surface area contributed by atoms with Gasteiger partial charge in [-0.25, -0.2) is 0 Å². The highest BCUT2D eigenvalue weighted by atomic mass is 28.3. The van der Waals surface area contributed by atoms with Crippen LogP contribution in [0.4, 0.5) is 0 Å². The molecule has 0 bridgehead atoms. The fourth-order valence-corrected chi connectivity index (χ4v) is 7.45. The van der Waals surface area contributed by atoms with Gasteiger partial charge in [0.05, 0.1) is 0 Å². The summed E-state index contributed by atoms with van der Waals surface area (Å²) in [5.74, 6) is 0. The molecule has 1 rings (SSSR count). The lowest BCUT2D eigenvalue weighted by molar-refractivity contribution is 0.202. The molecule has 108 valence electrons. The molecular formula is C13H31NO2Si2. The van der Waals surface area contributed by atoms with E-state index < -0.39 is 17.5 Å². The SMILES string of the molecule is CCO[SiH](OCC)C(C)CCN1CCC[Si]1(C)C. The van der Waals surface area contributed by atoms with Gasteiger partial charge in [0.25, 0.3) is 0 Å². The van der Waals surface area contributed by atoms with Crippen LogP contribution >= 0.6 is 0 Å². The molecule has 0 amide bonds. The fourth-order valence-electron chi connectivity index (χ4n) is 2.78. The highest BCUT2D eigenvalue weighted by molar-refractivity contribution is 6.75. The molecular weight excluding hydrogens is 258 g/mol. The van der Waals surface area contributed by atoms with Crippen molar-refractivity contribution in [3.05, 3.63) is 0 Å². The number of hydrogen-bond acceptors (Lipinski definition) is 3. The van der Waals surface area contributed by atoms with E-state index in [0.29, 0.717) is 5.54 Å². The van der Waals surface area contributed by atoms with Crippen molar-refractivity contribution in [3.63, 3.8) is 0 Å². The number of nitrogens with zero attached hydrogens (tertiary/aromatic N) is 1. The Morgan fingerprint density at radius 2 is 1.83 bits per heavy atom. The van der Waals surface area contributed by atoms with Gasteiger partial charge in [0.1, 0.15) is 8.24 Å². The van der Waals surface area contributed by atoms with E-state index in [2.05, 4.69) is 38.4 Å². The van der Waals surface area contributed by atoms with E-state index in [-0.39, 0.29) is 0 Å². The fraction of sp³-hybridized carbons (Fsp3) is 1.00. The van der Waals surface area contributed by atoms with Crippen molar-refractivity contribution in [2.45, 2.75) is 58.3 Å². The molecule has 1 aliphatic heterocycles. The molecule has 0 aromatic heterocycles. The Labute approximate surface area is 116 Å². The summed E-state index contributed by atoms with van der Waals surface area (Å²) in [5.41, 5.74) is 0.621. The zero-order chi connectivity index (χ0) is 13.6. The predicted octanol–water partition coefficient (Wildman–Crippen LogP) is 2.97. The summed E-state index contributed by atoms with van der Waals surface area (Å²) < 4.78 is 14.4. The molecule has 1 heterocycles. The van der Waals surface area contributed by atoms with Crippen molar-refractivity contribution in [2.24, 2.45) is 0 Å². The molecule has 0 radical (unpaired) electrons. The molecule has 0 saturated carbocycles. The number of rotatable bonds is 8. The lowest BCUT2D eigenvalue weighted by atomic mass is 10.3. The van der Waals surface area contributed by atoms with Gasteiger partial charge in [-0.1, -0.05) is 20.0 Å². The zero-order valence-corrected chi connectivity index (χ0v) is 15.0. The maximum absolute atomic E-state index is 5.82. The van der Waals surface area contributed by atoms with Crippen LogP contribution < -0.4 is 0 Å². The molecule has 0 aliphatic carbocycles. The standard InChI is InChI=1S/C13H31NO2Si2/c1-6-15-17(16-7-2)13(3)9-11-14-10-8-12-18(14,4)5/h13,17H,6-12H2,1-5H3. The van der Waals surface area contributed by atoms with E-state index in [4.69, 9.17) is 8.85 Å². The third-order valence-electron chi connectivity index (χ3n) is 4.05. The molecule has 1 unspecified atom stereocenters. The molecule has 3 nitrogen and oxygen atoms in total. The van der Waals surface area contributed by atoms with E-state index in [0.717, 1.165) is 13.2 Å². The topological polar surface area (TPSA) is 21.7 Å². The molecule has 1 fully saturated rings. The molecule has 0 aromatic carbocycles. The molecule has 1 saturated heterocycles. The Morgan fingerprint density at radius 1 is 1.22 bits per heavy atom. The summed E-state index contributed by atoms with van der Waals surface area (Å²) in [7, 11) is -2.48. The second kappa shape index (κ2) is 7.79. The van der Waals surface area contributed by atoms with Crippen molar-refractivity contribution in [3.8, 4) is 0 Å². The van der Waals surface area contributed by atoms with Crippen LogP contribution in [0.25, 0.3) is 0 Å². The van der Waals surface area contributed by atoms with E-state index in [1.165, 1.54) is 32.0 Å². The second-order valence-corrected chi connectivity index (χ2v) is 13.2. The van der Waals surface area contributed by atoms with E-state index in [9.17, 15) is 0 Å². The van der Waals surface area contributed by atoms with Crippen LogP contribution in [0.15, 0.2) is 0 Å². The average Bonchev–Trinajstić information content (AvgIpc) is 2.65. The summed E-state index contributed by atoms with van der Waals surface area (Å²) in [6.45, 7) is 15.6. The van der Waals surface area contributed by atoms with Gasteiger partial charge in [0.15, 0.2) is 0 Å². The summed E-state index contributed by atoms with van der Waals surface area (Å²) in [5, 5.41) is 0. The predicted molar refractivity (Wildman–Crippen MR) is 82.9 cm³/mol. The lowest BCUT2D eigenvalue weighted by Crippen LogP contribution is -2.44. The van der Waals surface area contributed by atoms with Crippen LogP contribution in [-0.4, -0.2) is 48.4 Å². The summed E-state index contributed by atoms with van der Waals surface area (Å²) in [4.78, 5) is 0. The minimum atomic E-state index is -1.44. The van der Waals surface area contributed by atoms with Gasteiger partial charge < -0.3 is 13.4 Å². The second-order valence-electron chi connectivity index (χ2n) is 5.95. The van der Waals surface area contributed by atoms with Crippen LogP contribution in [0.1, 0.15) is 33.6 Å². The number of hydrogen-bond donors (Lipinski definition) is 0. The van der Waals surface area contributed by atoms with Crippen LogP contribution in [0.5, 0.6) is 0 Å². The third-order valence-corrected chi connectivity index (χ3v) is 10.4. The highest BCUT2D eigenvalue weighted by Gasteiger charge is 2.34. The largest absolute Gasteiger partial charge is 0.397 e. The van der Waals surface area contributed by atoms with Crippen molar-refractivity contribution < 1.29 is 8.85 Å². The smallest absolute Gasteiger partial charge is 0.324 e. The molecule has 0 aromatic rings. The van der Waals surface area contributed by atoms with E-state index >= 15 is 0 Å². The normalized spacial score (nSPS) is 21.7. The minimum Gasteiger partial charge on any atom is -0.397 e. The summed E-state index contributed by atoms with van der Waals surface area (Å²) >= 11 is 0. The van der Waals surface area contributed by atoms with Gasteiger partial charge in [-0.05, 0) is 51.4 Å². The van der Waals surface area contributed by atoms with Crippen LogP contribution in [0.3, 0.4) is 0 Å². The van der Waals surface area contributed by atoms with Gasteiger partial charge >= 0.3 is 9.28 Å². The van der Waals surface area contributed by atoms with Crippen LogP contribution in [-0.2, 0) is 8.85 Å². The van der Waals surface area contributed by atoms with Crippen molar-refractivity contribution >= 4 is 17.5 Å². The molecule has 18 heavy (non-hydrogen) atoms. The van der Waals surface area contributed by atoms with Crippen molar-refractivity contribution in [1.29, 1.82) is 0 Å². The van der Waals surface area contributed by atoms with Crippen LogP contribution in [0.2, 0.25) is 24.7 Å². The maximum atomic E-state index is 5.82. The summed E-state index contributed by atoms with van der Waals surface area (Å²) in [6, 6.07) is 1.47. The molecule has 0 spiro atoms. The lowest BCUT2D eigenvalue weighted by Gasteiger charge is -2.31. The van der Waals surface area contributed by atoms with E-state index in [1.54, 1.807) is 0 Å². The molecule has 1 aliphatic rings. The maximum Gasteiger partial charge on any atom is 0.324 e. The minimum absolute atomic E-state index is 0.621. The monoisotopic (exact) mass is 289 g/mol. The Balaban J connectivity index is 2.36. The molecule has 5 heteroatoms. The highest BCUT2D eigenvalue weighted by Crippen LogP contribution is 2.27. The zero-order valence-electron chi connectivity index (χ0n) is 12.9. The first-order chi connectivity index (χ1) is 8.51. The van der Waals surface area contributed by atoms with E-state index in [1.807, 2.05) is 0 Å². The molecule has 0 N–H and O–H groups in total. The van der Waals surface area contributed by atoms with Gasteiger partial charge in [-0.15, -0.1) is 0 Å². The quantitative estimate of drug-likeness (QED) is 0.641. The Kier molecular flexibility index (Phi) is 7.09. The van der Waals surface area contributed by atoms with Gasteiger partial charge in [0, 0.05) is 13.2 Å². The molecule has 1 atom stereocenters.